The minimum absolute atomic E-state index is 0.162. The molecule has 0 saturated carbocycles. The number of carbonyl (C=O) groups excluding carboxylic acids is 1. The van der Waals surface area contributed by atoms with E-state index in [1.165, 1.54) is 0 Å². The Labute approximate surface area is 167 Å². The van der Waals surface area contributed by atoms with Crippen LogP contribution in [0.15, 0.2) is 30.7 Å². The van der Waals surface area contributed by atoms with Gasteiger partial charge in [-0.1, -0.05) is 19.1 Å². The van der Waals surface area contributed by atoms with E-state index in [-0.39, 0.29) is 11.9 Å². The zero-order valence-electron chi connectivity index (χ0n) is 16.4. The molecular weight excluding hydrogens is 368 g/mol. The van der Waals surface area contributed by atoms with Crippen LogP contribution in [-0.2, 0) is 11.8 Å². The third-order valence-corrected chi connectivity index (χ3v) is 5.54. The standard InChI is InChI=1S/C20H22N8O/c1-3-16(29)28-7-6-14(10-28)24-18-17-20(22-11-21-18)27(2)19(25-17)12-4-5-13-9-23-26-15(13)8-12/h4-5,8-9,11,14H,3,6-7,10H2,1-2H3,(H,23,26)(H,21,22,24). The Morgan fingerprint density at radius 1 is 1.34 bits per heavy atom. The van der Waals surface area contributed by atoms with E-state index in [0.717, 1.165) is 46.4 Å². The molecule has 29 heavy (non-hydrogen) atoms. The number of H-pyrrole nitrogens is 1. The maximum atomic E-state index is 12.0. The van der Waals surface area contributed by atoms with Crippen molar-refractivity contribution < 1.29 is 4.79 Å². The van der Waals surface area contributed by atoms with Gasteiger partial charge in [-0.2, -0.15) is 5.10 Å². The molecule has 5 rings (SSSR count). The van der Waals surface area contributed by atoms with Crippen molar-refractivity contribution in [2.75, 3.05) is 18.4 Å². The SMILES string of the molecule is CCC(=O)N1CCC(Nc2ncnc3c2nc(-c2ccc4cn[nH]c4c2)n3C)C1. The lowest BCUT2D eigenvalue weighted by atomic mass is 10.1. The summed E-state index contributed by atoms with van der Waals surface area (Å²) >= 11 is 0. The van der Waals surface area contributed by atoms with E-state index in [0.29, 0.717) is 18.8 Å². The van der Waals surface area contributed by atoms with Gasteiger partial charge >= 0.3 is 0 Å². The molecule has 0 aliphatic carbocycles. The fraction of sp³-hybridized carbons (Fsp3) is 0.350. The van der Waals surface area contributed by atoms with Gasteiger partial charge in [0.15, 0.2) is 17.0 Å². The largest absolute Gasteiger partial charge is 0.364 e. The van der Waals surface area contributed by atoms with Crippen molar-refractivity contribution in [3.63, 3.8) is 0 Å². The highest BCUT2D eigenvalue weighted by Crippen LogP contribution is 2.28. The van der Waals surface area contributed by atoms with E-state index in [9.17, 15) is 4.79 Å². The van der Waals surface area contributed by atoms with Gasteiger partial charge in [0.05, 0.1) is 11.7 Å². The van der Waals surface area contributed by atoms with Crippen LogP contribution in [0.3, 0.4) is 0 Å². The second kappa shape index (κ2) is 6.84. The first kappa shape index (κ1) is 17.6. The minimum atomic E-state index is 0.162. The number of aromatic nitrogens is 6. The van der Waals surface area contributed by atoms with Crippen LogP contribution in [0.25, 0.3) is 33.5 Å². The molecule has 0 spiro atoms. The van der Waals surface area contributed by atoms with Crippen LogP contribution in [-0.4, -0.2) is 59.7 Å². The van der Waals surface area contributed by atoms with Crippen molar-refractivity contribution in [1.29, 1.82) is 0 Å². The smallest absolute Gasteiger partial charge is 0.222 e. The van der Waals surface area contributed by atoms with Crippen LogP contribution in [0, 0.1) is 0 Å². The monoisotopic (exact) mass is 390 g/mol. The maximum Gasteiger partial charge on any atom is 0.222 e. The number of carbonyl (C=O) groups is 1. The number of amides is 1. The number of likely N-dealkylation sites (tertiary alicyclic amines) is 1. The van der Waals surface area contributed by atoms with Gasteiger partial charge < -0.3 is 14.8 Å². The van der Waals surface area contributed by atoms with E-state index in [2.05, 4.69) is 25.5 Å². The molecule has 3 aromatic heterocycles. The Bertz CT molecular complexity index is 1210. The van der Waals surface area contributed by atoms with Crippen molar-refractivity contribution in [3.05, 3.63) is 30.7 Å². The van der Waals surface area contributed by atoms with E-state index < -0.39 is 0 Å². The summed E-state index contributed by atoms with van der Waals surface area (Å²) in [4.78, 5) is 27.6. The molecule has 1 aliphatic rings. The second-order valence-electron chi connectivity index (χ2n) is 7.38. The number of benzene rings is 1. The van der Waals surface area contributed by atoms with Crippen LogP contribution in [0.4, 0.5) is 5.82 Å². The summed E-state index contributed by atoms with van der Waals surface area (Å²) in [5.41, 5.74) is 3.44. The normalized spacial score (nSPS) is 16.8. The van der Waals surface area contributed by atoms with Crippen LogP contribution in [0.5, 0.6) is 0 Å². The average Bonchev–Trinajstić information content (AvgIpc) is 3.46. The first-order valence-corrected chi connectivity index (χ1v) is 9.79. The number of imidazole rings is 1. The van der Waals surface area contributed by atoms with Gasteiger partial charge in [0.2, 0.25) is 5.91 Å². The highest BCUT2D eigenvalue weighted by molar-refractivity contribution is 5.88. The summed E-state index contributed by atoms with van der Waals surface area (Å²) in [5, 5.41) is 11.6. The fourth-order valence-electron chi connectivity index (χ4n) is 3.96. The van der Waals surface area contributed by atoms with Crippen LogP contribution < -0.4 is 5.32 Å². The van der Waals surface area contributed by atoms with Crippen molar-refractivity contribution in [2.45, 2.75) is 25.8 Å². The lowest BCUT2D eigenvalue weighted by molar-refractivity contribution is -0.129. The predicted molar refractivity (Wildman–Crippen MR) is 110 cm³/mol. The molecule has 148 valence electrons. The lowest BCUT2D eigenvalue weighted by Crippen LogP contribution is -2.31. The molecule has 1 saturated heterocycles. The summed E-state index contributed by atoms with van der Waals surface area (Å²) in [6.07, 6.45) is 4.79. The van der Waals surface area contributed by atoms with Gasteiger partial charge in [0, 0.05) is 43.5 Å². The van der Waals surface area contributed by atoms with Crippen molar-refractivity contribution in [3.8, 4) is 11.4 Å². The third kappa shape index (κ3) is 2.98. The molecule has 9 heteroatoms. The molecule has 1 unspecified atom stereocenters. The second-order valence-corrected chi connectivity index (χ2v) is 7.38. The van der Waals surface area contributed by atoms with Crippen LogP contribution in [0.2, 0.25) is 0 Å². The molecule has 0 radical (unpaired) electrons. The Morgan fingerprint density at radius 3 is 3.10 bits per heavy atom. The number of aryl methyl sites for hydroxylation is 1. The van der Waals surface area contributed by atoms with Gasteiger partial charge in [-0.15, -0.1) is 0 Å². The summed E-state index contributed by atoms with van der Waals surface area (Å²) < 4.78 is 1.97. The summed E-state index contributed by atoms with van der Waals surface area (Å²) in [6.45, 7) is 3.36. The van der Waals surface area contributed by atoms with E-state index in [4.69, 9.17) is 4.98 Å². The first-order valence-electron chi connectivity index (χ1n) is 9.79. The number of nitrogens with one attached hydrogen (secondary N) is 2. The first-order chi connectivity index (χ1) is 14.1. The maximum absolute atomic E-state index is 12.0. The van der Waals surface area contributed by atoms with E-state index in [1.807, 2.05) is 41.6 Å². The molecule has 1 aliphatic heterocycles. The van der Waals surface area contributed by atoms with Crippen molar-refractivity contribution in [2.24, 2.45) is 7.05 Å². The van der Waals surface area contributed by atoms with Crippen LogP contribution in [0.1, 0.15) is 19.8 Å². The van der Waals surface area contributed by atoms with Gasteiger partial charge in [-0.05, 0) is 12.5 Å². The highest BCUT2D eigenvalue weighted by atomic mass is 16.2. The molecule has 0 bridgehead atoms. The molecule has 1 atom stereocenters. The van der Waals surface area contributed by atoms with Gasteiger partial charge in [0.1, 0.15) is 12.2 Å². The molecule has 2 N–H and O–H groups in total. The number of hydrogen-bond donors (Lipinski definition) is 2. The number of anilines is 1. The number of nitrogens with zero attached hydrogens (tertiary/aromatic N) is 6. The molecule has 4 heterocycles. The molecule has 1 aromatic carbocycles. The summed E-state index contributed by atoms with van der Waals surface area (Å²) in [6, 6.07) is 6.26. The van der Waals surface area contributed by atoms with Gasteiger partial charge in [-0.25, -0.2) is 15.0 Å². The Hall–Kier alpha value is -3.49. The Balaban J connectivity index is 1.48. The van der Waals surface area contributed by atoms with Gasteiger partial charge in [-0.3, -0.25) is 9.89 Å². The zero-order chi connectivity index (χ0) is 20.0. The quantitative estimate of drug-likeness (QED) is 0.554. The highest BCUT2D eigenvalue weighted by Gasteiger charge is 2.26. The zero-order valence-corrected chi connectivity index (χ0v) is 16.4. The summed E-state index contributed by atoms with van der Waals surface area (Å²) in [7, 11) is 1.95. The van der Waals surface area contributed by atoms with E-state index in [1.54, 1.807) is 12.5 Å². The predicted octanol–water partition coefficient (Wildman–Crippen LogP) is 2.33. The fourth-order valence-corrected chi connectivity index (χ4v) is 3.96. The molecule has 4 aromatic rings. The minimum Gasteiger partial charge on any atom is -0.364 e. The number of aromatic amines is 1. The molecular formula is C20H22N8O. The topological polar surface area (TPSA) is 105 Å². The molecule has 9 nitrogen and oxygen atoms in total. The Kier molecular flexibility index (Phi) is 4.15. The van der Waals surface area contributed by atoms with Crippen LogP contribution >= 0.6 is 0 Å². The van der Waals surface area contributed by atoms with Gasteiger partial charge in [0.25, 0.3) is 0 Å². The molecule has 1 fully saturated rings. The summed E-state index contributed by atoms with van der Waals surface area (Å²) in [5.74, 6) is 1.71. The average molecular weight is 390 g/mol. The van der Waals surface area contributed by atoms with Crippen molar-refractivity contribution in [1.82, 2.24) is 34.6 Å². The number of rotatable bonds is 4. The number of fused-ring (bicyclic) bond motifs is 2. The van der Waals surface area contributed by atoms with E-state index >= 15 is 0 Å². The van der Waals surface area contributed by atoms with Crippen molar-refractivity contribution >= 4 is 33.8 Å². The molecule has 1 amide bonds. The lowest BCUT2D eigenvalue weighted by Gasteiger charge is -2.16. The number of hydrogen-bond acceptors (Lipinski definition) is 6. The Morgan fingerprint density at radius 2 is 2.24 bits per heavy atom. The third-order valence-electron chi connectivity index (χ3n) is 5.54.